The van der Waals surface area contributed by atoms with Gasteiger partial charge in [-0.05, 0) is 31.9 Å². The number of rotatable bonds is 4. The molecule has 0 aliphatic carbocycles. The third-order valence-electron chi connectivity index (χ3n) is 3.47. The molecule has 1 aromatic rings. The first-order valence-electron chi connectivity index (χ1n) is 6.26. The fraction of sp³-hybridized carbons (Fsp3) is 0.538. The summed E-state index contributed by atoms with van der Waals surface area (Å²) in [6.45, 7) is 3.22. The summed E-state index contributed by atoms with van der Waals surface area (Å²) in [6.07, 6.45) is 1.07. The number of amides is 1. The van der Waals surface area contributed by atoms with Crippen molar-refractivity contribution >= 4 is 23.1 Å². The van der Waals surface area contributed by atoms with Crippen LogP contribution in [-0.4, -0.2) is 24.1 Å². The van der Waals surface area contributed by atoms with E-state index in [0.717, 1.165) is 11.5 Å². The summed E-state index contributed by atoms with van der Waals surface area (Å²) in [7, 11) is 0. The molecule has 5 nitrogen and oxygen atoms in total. The molecular weight excluding hydrogens is 264 g/mol. The quantitative estimate of drug-likeness (QED) is 0.814. The molecule has 2 rings (SSSR count). The molecule has 0 unspecified atom stereocenters. The normalized spacial score (nSPS) is 17.9. The Kier molecular flexibility index (Phi) is 4.21. The molecule has 6 heteroatoms. The summed E-state index contributed by atoms with van der Waals surface area (Å²) in [6, 6.07) is 3.70. The van der Waals surface area contributed by atoms with Gasteiger partial charge in [-0.2, -0.15) is 0 Å². The van der Waals surface area contributed by atoms with E-state index < -0.39 is 5.41 Å². The van der Waals surface area contributed by atoms with Crippen molar-refractivity contribution in [3.05, 3.63) is 23.7 Å². The summed E-state index contributed by atoms with van der Waals surface area (Å²) in [5, 5.41) is 2.85. The molecule has 0 aromatic carbocycles. The second-order valence-electron chi connectivity index (χ2n) is 4.75. The summed E-state index contributed by atoms with van der Waals surface area (Å²) in [5.41, 5.74) is 4.99. The molecule has 1 aliphatic rings. The molecule has 3 N–H and O–H groups in total. The minimum atomic E-state index is -0.783. The van der Waals surface area contributed by atoms with E-state index in [1.807, 2.05) is 19.1 Å². The SMILES string of the molecule is Cc1ccc(CNC(=O)C2(C(N)=S)CCOCC2)o1. The van der Waals surface area contributed by atoms with Crippen molar-refractivity contribution < 1.29 is 13.9 Å². The average Bonchev–Trinajstić information content (AvgIpc) is 2.82. The van der Waals surface area contributed by atoms with E-state index in [1.54, 1.807) is 0 Å². The first-order valence-corrected chi connectivity index (χ1v) is 6.67. The Morgan fingerprint density at radius 2 is 2.16 bits per heavy atom. The topological polar surface area (TPSA) is 77.5 Å². The minimum absolute atomic E-state index is 0.141. The monoisotopic (exact) mass is 282 g/mol. The number of ether oxygens (including phenoxy) is 1. The lowest BCUT2D eigenvalue weighted by molar-refractivity contribution is -0.131. The molecule has 0 bridgehead atoms. The smallest absolute Gasteiger partial charge is 0.233 e. The molecule has 1 saturated heterocycles. The molecule has 0 radical (unpaired) electrons. The van der Waals surface area contributed by atoms with Crippen molar-refractivity contribution in [2.24, 2.45) is 11.1 Å². The van der Waals surface area contributed by atoms with E-state index in [2.05, 4.69) is 5.32 Å². The Bertz CT molecular complexity index is 478. The lowest BCUT2D eigenvalue weighted by atomic mass is 9.79. The van der Waals surface area contributed by atoms with E-state index in [1.165, 1.54) is 0 Å². The summed E-state index contributed by atoms with van der Waals surface area (Å²) in [5.74, 6) is 1.40. The maximum Gasteiger partial charge on any atom is 0.233 e. The number of furan rings is 1. The zero-order valence-electron chi connectivity index (χ0n) is 10.9. The van der Waals surface area contributed by atoms with Crippen LogP contribution in [0.1, 0.15) is 24.4 Å². The zero-order valence-corrected chi connectivity index (χ0v) is 11.7. The number of carbonyl (C=O) groups excluding carboxylic acids is 1. The van der Waals surface area contributed by atoms with Gasteiger partial charge < -0.3 is 20.2 Å². The summed E-state index contributed by atoms with van der Waals surface area (Å²) in [4.78, 5) is 12.6. The molecule has 0 saturated carbocycles. The van der Waals surface area contributed by atoms with Gasteiger partial charge in [-0.15, -0.1) is 0 Å². The second-order valence-corrected chi connectivity index (χ2v) is 5.19. The van der Waals surface area contributed by atoms with Gasteiger partial charge in [0, 0.05) is 13.2 Å². The minimum Gasteiger partial charge on any atom is -0.465 e. The van der Waals surface area contributed by atoms with E-state index in [-0.39, 0.29) is 10.9 Å². The van der Waals surface area contributed by atoms with E-state index in [0.29, 0.717) is 32.6 Å². The van der Waals surface area contributed by atoms with Crippen LogP contribution in [0.2, 0.25) is 0 Å². The number of carbonyl (C=O) groups is 1. The number of nitrogens with two attached hydrogens (primary N) is 1. The molecule has 104 valence electrons. The van der Waals surface area contributed by atoms with Gasteiger partial charge >= 0.3 is 0 Å². The van der Waals surface area contributed by atoms with Crippen LogP contribution in [0.4, 0.5) is 0 Å². The van der Waals surface area contributed by atoms with E-state index in [9.17, 15) is 4.79 Å². The van der Waals surface area contributed by atoms with Gasteiger partial charge in [0.05, 0.1) is 11.5 Å². The van der Waals surface area contributed by atoms with Gasteiger partial charge in [0.15, 0.2) is 0 Å². The molecule has 19 heavy (non-hydrogen) atoms. The predicted octanol–water partition coefficient (Wildman–Crippen LogP) is 1.29. The highest BCUT2D eigenvalue weighted by atomic mass is 32.1. The number of nitrogens with one attached hydrogen (secondary N) is 1. The number of thiocarbonyl (C=S) groups is 1. The van der Waals surface area contributed by atoms with Crippen LogP contribution in [0.25, 0.3) is 0 Å². The Morgan fingerprint density at radius 1 is 1.47 bits per heavy atom. The van der Waals surface area contributed by atoms with Crippen molar-refractivity contribution in [1.29, 1.82) is 0 Å². The highest BCUT2D eigenvalue weighted by Gasteiger charge is 2.42. The lowest BCUT2D eigenvalue weighted by Gasteiger charge is -2.34. The van der Waals surface area contributed by atoms with Crippen molar-refractivity contribution in [3.8, 4) is 0 Å². The van der Waals surface area contributed by atoms with Gasteiger partial charge in [-0.3, -0.25) is 4.79 Å². The number of hydrogen-bond donors (Lipinski definition) is 2. The molecule has 0 atom stereocenters. The Hall–Kier alpha value is -1.40. The molecule has 0 spiro atoms. The maximum atomic E-state index is 12.4. The fourth-order valence-electron chi connectivity index (χ4n) is 2.22. The largest absolute Gasteiger partial charge is 0.465 e. The molecule has 2 heterocycles. The van der Waals surface area contributed by atoms with Crippen molar-refractivity contribution in [2.45, 2.75) is 26.3 Å². The molecule has 1 amide bonds. The second kappa shape index (κ2) is 5.71. The highest BCUT2D eigenvalue weighted by Crippen LogP contribution is 2.31. The third-order valence-corrected chi connectivity index (χ3v) is 3.86. The standard InChI is InChI=1S/C13H18N2O3S/c1-9-2-3-10(18-9)8-15-12(16)13(11(14)19)4-6-17-7-5-13/h2-3H,4-8H2,1H3,(H2,14,19)(H,15,16). The van der Waals surface area contributed by atoms with Crippen molar-refractivity contribution in [3.63, 3.8) is 0 Å². The number of aryl methyl sites for hydroxylation is 1. The van der Waals surface area contributed by atoms with Crippen LogP contribution in [0.3, 0.4) is 0 Å². The van der Waals surface area contributed by atoms with Gasteiger partial charge in [-0.1, -0.05) is 12.2 Å². The predicted molar refractivity (Wildman–Crippen MR) is 74.6 cm³/mol. The molecule has 1 fully saturated rings. The van der Waals surface area contributed by atoms with Gasteiger partial charge in [0.1, 0.15) is 16.9 Å². The first-order chi connectivity index (χ1) is 9.04. The summed E-state index contributed by atoms with van der Waals surface area (Å²) >= 11 is 5.08. The van der Waals surface area contributed by atoms with Crippen LogP contribution in [-0.2, 0) is 16.1 Å². The Balaban J connectivity index is 2.02. The van der Waals surface area contributed by atoms with Crippen molar-refractivity contribution in [2.75, 3.05) is 13.2 Å². The summed E-state index contributed by atoms with van der Waals surface area (Å²) < 4.78 is 10.7. The van der Waals surface area contributed by atoms with E-state index in [4.69, 9.17) is 27.1 Å². The zero-order chi connectivity index (χ0) is 13.9. The first kappa shape index (κ1) is 14.0. The van der Waals surface area contributed by atoms with Crippen LogP contribution in [0.15, 0.2) is 16.5 Å². The van der Waals surface area contributed by atoms with Crippen molar-refractivity contribution in [1.82, 2.24) is 5.32 Å². The van der Waals surface area contributed by atoms with Crippen LogP contribution < -0.4 is 11.1 Å². The third kappa shape index (κ3) is 2.96. The maximum absolute atomic E-state index is 12.4. The molecular formula is C13H18N2O3S. The van der Waals surface area contributed by atoms with Crippen LogP contribution >= 0.6 is 12.2 Å². The highest BCUT2D eigenvalue weighted by molar-refractivity contribution is 7.80. The Labute approximate surface area is 117 Å². The fourth-order valence-corrected chi connectivity index (χ4v) is 2.52. The van der Waals surface area contributed by atoms with Gasteiger partial charge in [-0.25, -0.2) is 0 Å². The Morgan fingerprint density at radius 3 is 2.68 bits per heavy atom. The van der Waals surface area contributed by atoms with Crippen LogP contribution in [0.5, 0.6) is 0 Å². The lowest BCUT2D eigenvalue weighted by Crippen LogP contribution is -2.51. The van der Waals surface area contributed by atoms with Gasteiger partial charge in [0.2, 0.25) is 5.91 Å². The number of hydrogen-bond acceptors (Lipinski definition) is 4. The molecule has 1 aliphatic heterocycles. The average molecular weight is 282 g/mol. The van der Waals surface area contributed by atoms with Crippen LogP contribution in [0, 0.1) is 12.3 Å². The van der Waals surface area contributed by atoms with E-state index >= 15 is 0 Å². The van der Waals surface area contributed by atoms with Gasteiger partial charge in [0.25, 0.3) is 0 Å². The molecule has 1 aromatic heterocycles.